The van der Waals surface area contributed by atoms with Crippen LogP contribution in [0.15, 0.2) is 18.2 Å². The highest BCUT2D eigenvalue weighted by Gasteiger charge is 2.29. The van der Waals surface area contributed by atoms with E-state index in [2.05, 4.69) is 0 Å². The Morgan fingerprint density at radius 2 is 2.21 bits per heavy atom. The number of nitrogen functional groups attached to an aromatic ring is 1. The Kier molecular flexibility index (Phi) is 4.66. The van der Waals surface area contributed by atoms with Crippen LogP contribution in [0.25, 0.3) is 0 Å². The lowest BCUT2D eigenvalue weighted by molar-refractivity contribution is 0.0562. The van der Waals surface area contributed by atoms with E-state index >= 15 is 0 Å². The topological polar surface area (TPSA) is 66.6 Å². The molecule has 2 rings (SSSR count). The standard InChI is InChI=1S/C14H19ClN2O2/c15-12-6-5-10(9-13(12)16)14(19)17(7-2-8-18)11-3-1-4-11/h5-6,9,11,18H,1-4,7-8,16H2. The van der Waals surface area contributed by atoms with E-state index in [-0.39, 0.29) is 12.5 Å². The van der Waals surface area contributed by atoms with Gasteiger partial charge in [-0.1, -0.05) is 11.6 Å². The van der Waals surface area contributed by atoms with Crippen LogP contribution in [-0.4, -0.2) is 35.1 Å². The van der Waals surface area contributed by atoms with E-state index in [1.165, 1.54) is 0 Å². The van der Waals surface area contributed by atoms with Gasteiger partial charge < -0.3 is 15.7 Å². The van der Waals surface area contributed by atoms with E-state index in [0.717, 1.165) is 19.3 Å². The summed E-state index contributed by atoms with van der Waals surface area (Å²) in [5, 5.41) is 9.41. The van der Waals surface area contributed by atoms with Crippen LogP contribution in [-0.2, 0) is 0 Å². The fourth-order valence-corrected chi connectivity index (χ4v) is 2.35. The third-order valence-corrected chi connectivity index (χ3v) is 3.92. The lowest BCUT2D eigenvalue weighted by atomic mass is 9.90. The molecule has 0 bridgehead atoms. The Balaban J connectivity index is 2.15. The number of nitrogens with two attached hydrogens (primary N) is 1. The van der Waals surface area contributed by atoms with E-state index in [9.17, 15) is 4.79 Å². The van der Waals surface area contributed by atoms with Crippen molar-refractivity contribution < 1.29 is 9.90 Å². The maximum Gasteiger partial charge on any atom is 0.254 e. The van der Waals surface area contributed by atoms with Gasteiger partial charge in [-0.05, 0) is 43.9 Å². The number of hydrogen-bond donors (Lipinski definition) is 2. The quantitative estimate of drug-likeness (QED) is 0.815. The van der Waals surface area contributed by atoms with Gasteiger partial charge in [0.05, 0.1) is 10.7 Å². The number of rotatable bonds is 5. The Morgan fingerprint density at radius 1 is 1.47 bits per heavy atom. The fourth-order valence-electron chi connectivity index (χ4n) is 2.23. The molecule has 1 fully saturated rings. The number of nitrogens with zero attached hydrogens (tertiary/aromatic N) is 1. The van der Waals surface area contributed by atoms with Crippen molar-refractivity contribution in [3.63, 3.8) is 0 Å². The van der Waals surface area contributed by atoms with Crippen LogP contribution in [0, 0.1) is 0 Å². The fraction of sp³-hybridized carbons (Fsp3) is 0.500. The normalized spacial score (nSPS) is 15.1. The van der Waals surface area contributed by atoms with Gasteiger partial charge in [0.15, 0.2) is 0 Å². The number of amides is 1. The highest BCUT2D eigenvalue weighted by atomic mass is 35.5. The van der Waals surface area contributed by atoms with E-state index in [0.29, 0.717) is 35.3 Å². The summed E-state index contributed by atoms with van der Waals surface area (Å²) in [5.74, 6) is -0.0264. The Labute approximate surface area is 118 Å². The lowest BCUT2D eigenvalue weighted by Crippen LogP contribution is -2.45. The molecule has 1 aromatic rings. The van der Waals surface area contributed by atoms with Crippen molar-refractivity contribution in [3.05, 3.63) is 28.8 Å². The van der Waals surface area contributed by atoms with Crippen LogP contribution in [0.1, 0.15) is 36.0 Å². The summed E-state index contributed by atoms with van der Waals surface area (Å²) in [7, 11) is 0. The van der Waals surface area contributed by atoms with Crippen LogP contribution >= 0.6 is 11.6 Å². The molecule has 3 N–H and O–H groups in total. The second kappa shape index (κ2) is 6.26. The molecule has 1 saturated carbocycles. The van der Waals surface area contributed by atoms with Crippen molar-refractivity contribution in [3.8, 4) is 0 Å². The number of carbonyl (C=O) groups is 1. The van der Waals surface area contributed by atoms with Gasteiger partial charge in [-0.25, -0.2) is 0 Å². The summed E-state index contributed by atoms with van der Waals surface area (Å²) >= 11 is 5.87. The number of aliphatic hydroxyl groups excluding tert-OH is 1. The maximum absolute atomic E-state index is 12.5. The monoisotopic (exact) mass is 282 g/mol. The first-order chi connectivity index (χ1) is 9.13. The average Bonchev–Trinajstić information content (AvgIpc) is 2.34. The molecule has 1 amide bonds. The van der Waals surface area contributed by atoms with E-state index < -0.39 is 0 Å². The third-order valence-electron chi connectivity index (χ3n) is 3.58. The second-order valence-electron chi connectivity index (χ2n) is 4.90. The second-order valence-corrected chi connectivity index (χ2v) is 5.30. The summed E-state index contributed by atoms with van der Waals surface area (Å²) < 4.78 is 0. The van der Waals surface area contributed by atoms with Crippen LogP contribution < -0.4 is 5.73 Å². The SMILES string of the molecule is Nc1cc(C(=O)N(CCCO)C2CCC2)ccc1Cl. The summed E-state index contributed by atoms with van der Waals surface area (Å²) in [4.78, 5) is 14.3. The van der Waals surface area contributed by atoms with Gasteiger partial charge in [-0.3, -0.25) is 4.79 Å². The Hall–Kier alpha value is -1.26. The smallest absolute Gasteiger partial charge is 0.254 e. The molecule has 1 aliphatic rings. The molecular formula is C14H19ClN2O2. The third kappa shape index (κ3) is 3.19. The largest absolute Gasteiger partial charge is 0.398 e. The predicted molar refractivity (Wildman–Crippen MR) is 76.2 cm³/mol. The molecule has 19 heavy (non-hydrogen) atoms. The van der Waals surface area contributed by atoms with Gasteiger partial charge >= 0.3 is 0 Å². The number of benzene rings is 1. The van der Waals surface area contributed by atoms with Crippen LogP contribution in [0.5, 0.6) is 0 Å². The molecule has 4 nitrogen and oxygen atoms in total. The zero-order valence-corrected chi connectivity index (χ0v) is 11.6. The summed E-state index contributed by atoms with van der Waals surface area (Å²) in [6.45, 7) is 0.682. The molecule has 0 aromatic heterocycles. The van der Waals surface area contributed by atoms with Gasteiger partial charge in [0, 0.05) is 24.8 Å². The predicted octanol–water partition coefficient (Wildman–Crippen LogP) is 2.30. The van der Waals surface area contributed by atoms with Gasteiger partial charge in [0.1, 0.15) is 0 Å². The molecule has 0 spiro atoms. The van der Waals surface area contributed by atoms with Crippen molar-refractivity contribution in [2.24, 2.45) is 0 Å². The van der Waals surface area contributed by atoms with Crippen LogP contribution in [0.2, 0.25) is 5.02 Å². The number of anilines is 1. The molecule has 0 unspecified atom stereocenters. The summed E-state index contributed by atoms with van der Waals surface area (Å²) in [6, 6.07) is 5.27. The molecule has 0 heterocycles. The zero-order chi connectivity index (χ0) is 13.8. The number of carbonyl (C=O) groups excluding carboxylic acids is 1. The first kappa shape index (κ1) is 14.2. The van der Waals surface area contributed by atoms with Crippen molar-refractivity contribution >= 4 is 23.2 Å². The first-order valence-electron chi connectivity index (χ1n) is 6.60. The molecule has 5 heteroatoms. The maximum atomic E-state index is 12.5. The minimum atomic E-state index is -0.0264. The average molecular weight is 283 g/mol. The molecule has 104 valence electrons. The number of hydrogen-bond acceptors (Lipinski definition) is 3. The van der Waals surface area contributed by atoms with Crippen molar-refractivity contribution in [2.75, 3.05) is 18.9 Å². The van der Waals surface area contributed by atoms with E-state index in [4.69, 9.17) is 22.4 Å². The minimum absolute atomic E-state index is 0.0264. The molecule has 0 saturated heterocycles. The Morgan fingerprint density at radius 3 is 2.74 bits per heavy atom. The van der Waals surface area contributed by atoms with Gasteiger partial charge in [-0.2, -0.15) is 0 Å². The highest BCUT2D eigenvalue weighted by molar-refractivity contribution is 6.33. The first-order valence-corrected chi connectivity index (χ1v) is 6.98. The molecule has 0 radical (unpaired) electrons. The van der Waals surface area contributed by atoms with Crippen molar-refractivity contribution in [2.45, 2.75) is 31.7 Å². The van der Waals surface area contributed by atoms with E-state index in [1.54, 1.807) is 18.2 Å². The molecular weight excluding hydrogens is 264 g/mol. The van der Waals surface area contributed by atoms with E-state index in [1.807, 2.05) is 4.90 Å². The van der Waals surface area contributed by atoms with Gasteiger partial charge in [-0.15, -0.1) is 0 Å². The minimum Gasteiger partial charge on any atom is -0.398 e. The summed E-state index contributed by atoms with van der Waals surface area (Å²) in [6.07, 6.45) is 3.85. The van der Waals surface area contributed by atoms with Gasteiger partial charge in [0.2, 0.25) is 0 Å². The van der Waals surface area contributed by atoms with Crippen LogP contribution in [0.3, 0.4) is 0 Å². The number of aliphatic hydroxyl groups is 1. The molecule has 0 aliphatic heterocycles. The highest BCUT2D eigenvalue weighted by Crippen LogP contribution is 2.27. The number of halogens is 1. The lowest BCUT2D eigenvalue weighted by Gasteiger charge is -2.37. The van der Waals surface area contributed by atoms with Gasteiger partial charge in [0.25, 0.3) is 5.91 Å². The summed E-state index contributed by atoms with van der Waals surface area (Å²) in [5.41, 5.74) is 6.72. The van der Waals surface area contributed by atoms with Crippen LogP contribution in [0.4, 0.5) is 5.69 Å². The molecule has 1 aromatic carbocycles. The Bertz CT molecular complexity index is 461. The zero-order valence-electron chi connectivity index (χ0n) is 10.8. The van der Waals surface area contributed by atoms with Crippen molar-refractivity contribution in [1.82, 2.24) is 4.90 Å². The molecule has 1 aliphatic carbocycles. The van der Waals surface area contributed by atoms with Crippen molar-refractivity contribution in [1.29, 1.82) is 0 Å². The molecule has 0 atom stereocenters.